The van der Waals surface area contributed by atoms with Crippen LogP contribution in [0.4, 0.5) is 0 Å². The highest BCUT2D eigenvalue weighted by atomic mass is 32.2. The Morgan fingerprint density at radius 3 is 2.67 bits per heavy atom. The number of rotatable bonds is 1. The minimum Gasteiger partial charge on any atom is -0.612 e. The van der Waals surface area contributed by atoms with E-state index in [-0.39, 0.29) is 0 Å². The first kappa shape index (κ1) is 6.90. The first-order valence-electron chi connectivity index (χ1n) is 3.01. The molecule has 0 bridgehead atoms. The summed E-state index contributed by atoms with van der Waals surface area (Å²) in [5, 5.41) is 0. The highest BCUT2D eigenvalue weighted by molar-refractivity contribution is 7.94. The minimum atomic E-state index is -0.778. The van der Waals surface area contributed by atoms with Gasteiger partial charge >= 0.3 is 0 Å². The average molecular weight is 142 g/mol. The van der Waals surface area contributed by atoms with E-state index in [2.05, 4.69) is 6.08 Å². The zero-order valence-corrected chi connectivity index (χ0v) is 6.28. The van der Waals surface area contributed by atoms with Gasteiger partial charge in [0.25, 0.3) is 0 Å². The van der Waals surface area contributed by atoms with Gasteiger partial charge in [0.1, 0.15) is 11.2 Å². The smallest absolute Gasteiger partial charge is 0.148 e. The maximum atomic E-state index is 10.8. The highest BCUT2D eigenvalue weighted by Gasteiger charge is 2.05. The second-order valence-corrected chi connectivity index (χ2v) is 3.42. The molecule has 0 amide bonds. The van der Waals surface area contributed by atoms with Crippen LogP contribution in [0.25, 0.3) is 0 Å². The zero-order valence-electron chi connectivity index (χ0n) is 5.46. The van der Waals surface area contributed by atoms with Gasteiger partial charge in [0, 0.05) is 0 Å². The Balaban J connectivity index is 2.58. The Morgan fingerprint density at radius 1 is 1.56 bits per heavy atom. The lowest BCUT2D eigenvalue weighted by atomic mass is 10.2. The Morgan fingerprint density at radius 2 is 2.33 bits per heavy atom. The van der Waals surface area contributed by atoms with Crippen LogP contribution in [0.2, 0.25) is 0 Å². The van der Waals surface area contributed by atoms with E-state index >= 15 is 0 Å². The van der Waals surface area contributed by atoms with Crippen LogP contribution in [-0.2, 0) is 11.2 Å². The number of allylic oxidation sites excluding steroid dienone is 3. The van der Waals surface area contributed by atoms with Gasteiger partial charge in [0.05, 0.1) is 0 Å². The molecule has 1 rings (SSSR count). The molecule has 1 atom stereocenters. The molecule has 9 heavy (non-hydrogen) atoms. The van der Waals surface area contributed by atoms with Crippen molar-refractivity contribution in [2.45, 2.75) is 12.8 Å². The van der Waals surface area contributed by atoms with Crippen LogP contribution in [0, 0.1) is 0 Å². The van der Waals surface area contributed by atoms with Gasteiger partial charge in [-0.3, -0.25) is 0 Å². The summed E-state index contributed by atoms with van der Waals surface area (Å²) in [6, 6.07) is 0. The molecule has 0 N–H and O–H groups in total. The van der Waals surface area contributed by atoms with Gasteiger partial charge < -0.3 is 4.55 Å². The molecule has 1 unspecified atom stereocenters. The van der Waals surface area contributed by atoms with E-state index in [0.29, 0.717) is 0 Å². The van der Waals surface area contributed by atoms with Crippen molar-refractivity contribution >= 4 is 11.2 Å². The van der Waals surface area contributed by atoms with Crippen LogP contribution in [0.1, 0.15) is 12.8 Å². The second-order valence-electron chi connectivity index (χ2n) is 2.04. The van der Waals surface area contributed by atoms with Gasteiger partial charge in [-0.25, -0.2) is 0 Å². The summed E-state index contributed by atoms with van der Waals surface area (Å²) < 4.78 is 10.8. The van der Waals surface area contributed by atoms with Gasteiger partial charge in [0.15, 0.2) is 0 Å². The van der Waals surface area contributed by atoms with Crippen LogP contribution in [0.3, 0.4) is 0 Å². The quantitative estimate of drug-likeness (QED) is 0.510. The lowest BCUT2D eigenvalue weighted by Crippen LogP contribution is -1.99. The molecular weight excluding hydrogens is 132 g/mol. The molecule has 0 aliphatic heterocycles. The van der Waals surface area contributed by atoms with Crippen molar-refractivity contribution < 1.29 is 4.55 Å². The van der Waals surface area contributed by atoms with Crippen molar-refractivity contribution in [1.29, 1.82) is 0 Å². The molecule has 0 aromatic rings. The van der Waals surface area contributed by atoms with Crippen LogP contribution in [-0.4, -0.2) is 10.8 Å². The van der Waals surface area contributed by atoms with Crippen LogP contribution in [0.15, 0.2) is 23.1 Å². The Labute approximate surface area is 58.6 Å². The first-order chi connectivity index (χ1) is 4.30. The highest BCUT2D eigenvalue weighted by Crippen LogP contribution is 2.13. The number of hydrogen-bond donors (Lipinski definition) is 0. The Bertz CT molecular complexity index is 147. The molecule has 0 radical (unpaired) electrons. The van der Waals surface area contributed by atoms with Crippen molar-refractivity contribution in [1.82, 2.24) is 0 Å². The van der Waals surface area contributed by atoms with E-state index in [9.17, 15) is 4.55 Å². The largest absolute Gasteiger partial charge is 0.612 e. The summed E-state index contributed by atoms with van der Waals surface area (Å²) in [5.41, 5.74) is 0. The molecule has 2 heteroatoms. The predicted molar refractivity (Wildman–Crippen MR) is 40.5 cm³/mol. The molecule has 0 aromatic carbocycles. The molecule has 1 aliphatic rings. The fraction of sp³-hybridized carbons (Fsp3) is 0.429. The average Bonchev–Trinajstić information content (AvgIpc) is 1.90. The van der Waals surface area contributed by atoms with Crippen molar-refractivity contribution in [3.05, 3.63) is 23.1 Å². The zero-order chi connectivity index (χ0) is 6.69. The van der Waals surface area contributed by atoms with Crippen molar-refractivity contribution in [3.63, 3.8) is 0 Å². The SMILES string of the molecule is C[S+]([O-])C1=CCCC=C1. The summed E-state index contributed by atoms with van der Waals surface area (Å²) >= 11 is -0.778. The van der Waals surface area contributed by atoms with Gasteiger partial charge in [-0.05, 0) is 36.2 Å². The lowest BCUT2D eigenvalue weighted by molar-refractivity contribution is 0.607. The third-order valence-electron chi connectivity index (χ3n) is 1.29. The Kier molecular flexibility index (Phi) is 2.37. The normalized spacial score (nSPS) is 21.3. The molecule has 1 aliphatic carbocycles. The van der Waals surface area contributed by atoms with Crippen LogP contribution in [0.5, 0.6) is 0 Å². The van der Waals surface area contributed by atoms with E-state index in [1.165, 1.54) is 0 Å². The molecule has 1 nitrogen and oxygen atoms in total. The minimum absolute atomic E-state index is 0.778. The summed E-state index contributed by atoms with van der Waals surface area (Å²) in [5.74, 6) is 0. The Hall–Kier alpha value is -0.210. The maximum absolute atomic E-state index is 10.8. The van der Waals surface area contributed by atoms with E-state index in [4.69, 9.17) is 0 Å². The van der Waals surface area contributed by atoms with E-state index in [1.807, 2.05) is 12.2 Å². The second kappa shape index (κ2) is 3.08. The van der Waals surface area contributed by atoms with Crippen molar-refractivity contribution in [3.8, 4) is 0 Å². The molecule has 0 aromatic heterocycles. The summed E-state index contributed by atoms with van der Waals surface area (Å²) in [7, 11) is 0. The predicted octanol–water partition coefficient (Wildman–Crippen LogP) is 1.60. The molecule has 0 saturated carbocycles. The lowest BCUT2D eigenvalue weighted by Gasteiger charge is -2.06. The molecule has 50 valence electrons. The van der Waals surface area contributed by atoms with Gasteiger partial charge in [-0.2, -0.15) is 0 Å². The van der Waals surface area contributed by atoms with Gasteiger partial charge in [-0.1, -0.05) is 6.08 Å². The topological polar surface area (TPSA) is 23.1 Å². The van der Waals surface area contributed by atoms with Gasteiger partial charge in [0.2, 0.25) is 0 Å². The molecule has 0 heterocycles. The van der Waals surface area contributed by atoms with Crippen molar-refractivity contribution in [2.75, 3.05) is 6.26 Å². The standard InChI is InChI=1S/C7H10OS/c1-9(8)7-5-3-2-4-6-7/h3,5-6H,2,4H2,1H3. The third-order valence-corrected chi connectivity index (χ3v) is 2.26. The molecule has 0 saturated heterocycles. The third kappa shape index (κ3) is 1.88. The van der Waals surface area contributed by atoms with E-state index < -0.39 is 11.2 Å². The first-order valence-corrected chi connectivity index (χ1v) is 4.56. The monoisotopic (exact) mass is 142 g/mol. The summed E-state index contributed by atoms with van der Waals surface area (Å²) in [6.07, 6.45) is 9.90. The van der Waals surface area contributed by atoms with E-state index in [1.54, 1.807) is 6.26 Å². The molecule has 0 fully saturated rings. The fourth-order valence-corrected chi connectivity index (χ4v) is 1.44. The van der Waals surface area contributed by atoms with Gasteiger partial charge in [-0.15, -0.1) is 0 Å². The van der Waals surface area contributed by atoms with Crippen LogP contribution >= 0.6 is 0 Å². The summed E-state index contributed by atoms with van der Waals surface area (Å²) in [6.45, 7) is 0. The number of hydrogen-bond acceptors (Lipinski definition) is 1. The molecular formula is C7H10OS. The fourth-order valence-electron chi connectivity index (χ4n) is 0.803. The maximum Gasteiger partial charge on any atom is 0.148 e. The summed E-state index contributed by atoms with van der Waals surface area (Å²) in [4.78, 5) is 0.973. The van der Waals surface area contributed by atoms with E-state index in [0.717, 1.165) is 17.7 Å². The molecule has 0 spiro atoms. The van der Waals surface area contributed by atoms with Crippen LogP contribution < -0.4 is 0 Å². The van der Waals surface area contributed by atoms with Crippen molar-refractivity contribution in [2.24, 2.45) is 0 Å².